The SMILES string of the molecule is Cc1nnc(-c2cnc(N)c3c(Oc4c(C)ccc(O)c4C)nc(Cl)cc23)s1. The number of aromatic nitrogens is 4. The molecule has 0 aliphatic heterocycles. The Kier molecular flexibility index (Phi) is 4.52. The maximum atomic E-state index is 10.0. The van der Waals surface area contributed by atoms with Crippen LogP contribution in [-0.2, 0) is 0 Å². The molecular weight excluding hydrogens is 398 g/mol. The lowest BCUT2D eigenvalue weighted by Crippen LogP contribution is -2.00. The molecule has 9 heteroatoms. The molecule has 0 radical (unpaired) electrons. The number of rotatable bonds is 3. The molecule has 0 amide bonds. The van der Waals surface area contributed by atoms with Gasteiger partial charge >= 0.3 is 0 Å². The molecule has 4 aromatic rings. The predicted octanol–water partition coefficient (Wildman–Crippen LogP) is 4.81. The summed E-state index contributed by atoms with van der Waals surface area (Å²) >= 11 is 7.73. The molecule has 3 aromatic heterocycles. The third-order valence-corrected chi connectivity index (χ3v) is 5.43. The quantitative estimate of drug-likeness (QED) is 0.464. The zero-order chi connectivity index (χ0) is 20.0. The molecule has 0 bridgehead atoms. The predicted molar refractivity (Wildman–Crippen MR) is 110 cm³/mol. The lowest BCUT2D eigenvalue weighted by atomic mass is 10.1. The number of ether oxygens (including phenoxy) is 1. The summed E-state index contributed by atoms with van der Waals surface area (Å²) in [7, 11) is 0. The molecule has 0 saturated heterocycles. The summed E-state index contributed by atoms with van der Waals surface area (Å²) in [6.07, 6.45) is 1.64. The van der Waals surface area contributed by atoms with Crippen LogP contribution in [0.25, 0.3) is 21.3 Å². The van der Waals surface area contributed by atoms with Gasteiger partial charge in [-0.1, -0.05) is 29.0 Å². The van der Waals surface area contributed by atoms with E-state index < -0.39 is 0 Å². The topological polar surface area (TPSA) is 107 Å². The number of nitrogens with two attached hydrogens (primary N) is 1. The van der Waals surface area contributed by atoms with Crippen molar-refractivity contribution in [2.45, 2.75) is 20.8 Å². The number of pyridine rings is 2. The van der Waals surface area contributed by atoms with Crippen molar-refractivity contribution in [1.29, 1.82) is 0 Å². The number of anilines is 1. The molecule has 0 unspecified atom stereocenters. The Hall–Kier alpha value is -2.97. The van der Waals surface area contributed by atoms with E-state index in [9.17, 15) is 5.11 Å². The van der Waals surface area contributed by atoms with Crippen molar-refractivity contribution in [3.8, 4) is 28.0 Å². The summed E-state index contributed by atoms with van der Waals surface area (Å²) in [5, 5.41) is 21.3. The van der Waals surface area contributed by atoms with Gasteiger partial charge in [-0.3, -0.25) is 0 Å². The highest BCUT2D eigenvalue weighted by atomic mass is 35.5. The summed E-state index contributed by atoms with van der Waals surface area (Å²) in [6.45, 7) is 5.53. The van der Waals surface area contributed by atoms with Gasteiger partial charge in [0.2, 0.25) is 5.88 Å². The molecule has 3 N–H and O–H groups in total. The fraction of sp³-hybridized carbons (Fsp3) is 0.158. The highest BCUT2D eigenvalue weighted by molar-refractivity contribution is 7.14. The summed E-state index contributed by atoms with van der Waals surface area (Å²) in [4.78, 5) is 8.61. The average Bonchev–Trinajstić information content (AvgIpc) is 3.08. The van der Waals surface area contributed by atoms with Crippen LogP contribution >= 0.6 is 22.9 Å². The molecule has 7 nitrogen and oxygen atoms in total. The number of phenolic OH excluding ortho intramolecular Hbond substituents is 1. The number of hydrogen-bond acceptors (Lipinski definition) is 8. The lowest BCUT2D eigenvalue weighted by molar-refractivity contribution is 0.440. The first-order chi connectivity index (χ1) is 13.3. The zero-order valence-corrected chi connectivity index (χ0v) is 16.9. The monoisotopic (exact) mass is 413 g/mol. The molecule has 0 saturated carbocycles. The Morgan fingerprint density at radius 2 is 1.96 bits per heavy atom. The van der Waals surface area contributed by atoms with Crippen molar-refractivity contribution >= 4 is 39.5 Å². The highest BCUT2D eigenvalue weighted by Gasteiger charge is 2.19. The minimum atomic E-state index is 0.128. The Morgan fingerprint density at radius 1 is 1.18 bits per heavy atom. The fourth-order valence-corrected chi connectivity index (χ4v) is 3.84. The number of benzene rings is 1. The Morgan fingerprint density at radius 3 is 2.68 bits per heavy atom. The first-order valence-electron chi connectivity index (χ1n) is 8.37. The second-order valence-corrected chi connectivity index (χ2v) is 7.88. The molecule has 0 atom stereocenters. The van der Waals surface area contributed by atoms with Gasteiger partial charge in [-0.15, -0.1) is 10.2 Å². The summed E-state index contributed by atoms with van der Waals surface area (Å²) in [5.74, 6) is 1.10. The Labute approximate surface area is 169 Å². The van der Waals surface area contributed by atoms with E-state index in [-0.39, 0.29) is 22.6 Å². The van der Waals surface area contributed by atoms with Crippen LogP contribution in [0.15, 0.2) is 24.4 Å². The van der Waals surface area contributed by atoms with Crippen molar-refractivity contribution in [1.82, 2.24) is 20.2 Å². The lowest BCUT2D eigenvalue weighted by Gasteiger charge is -2.15. The zero-order valence-electron chi connectivity index (χ0n) is 15.3. The van der Waals surface area contributed by atoms with Crippen LogP contribution in [0, 0.1) is 20.8 Å². The van der Waals surface area contributed by atoms with E-state index in [1.807, 2.05) is 13.8 Å². The Balaban J connectivity index is 1.97. The molecule has 0 fully saturated rings. The minimum Gasteiger partial charge on any atom is -0.508 e. The van der Waals surface area contributed by atoms with Crippen molar-refractivity contribution < 1.29 is 9.84 Å². The number of nitrogen functional groups attached to an aromatic ring is 1. The van der Waals surface area contributed by atoms with Gasteiger partial charge in [-0.2, -0.15) is 0 Å². The fourth-order valence-electron chi connectivity index (χ4n) is 2.94. The van der Waals surface area contributed by atoms with Crippen LogP contribution in [0.5, 0.6) is 17.4 Å². The molecule has 28 heavy (non-hydrogen) atoms. The number of aryl methyl sites for hydroxylation is 2. The van der Waals surface area contributed by atoms with Crippen molar-refractivity contribution in [2.24, 2.45) is 0 Å². The Bertz CT molecular complexity index is 1220. The van der Waals surface area contributed by atoms with Gasteiger partial charge in [-0.25, -0.2) is 9.97 Å². The smallest absolute Gasteiger partial charge is 0.232 e. The van der Waals surface area contributed by atoms with Crippen LogP contribution in [0.2, 0.25) is 5.15 Å². The van der Waals surface area contributed by atoms with Crippen LogP contribution in [0.4, 0.5) is 5.82 Å². The molecule has 0 aliphatic carbocycles. The molecule has 142 valence electrons. The van der Waals surface area contributed by atoms with Crippen LogP contribution in [0.3, 0.4) is 0 Å². The van der Waals surface area contributed by atoms with Gasteiger partial charge in [0.15, 0.2) is 0 Å². The highest BCUT2D eigenvalue weighted by Crippen LogP contribution is 2.41. The molecule has 0 spiro atoms. The van der Waals surface area contributed by atoms with Crippen LogP contribution in [-0.4, -0.2) is 25.3 Å². The number of aromatic hydroxyl groups is 1. The number of hydrogen-bond donors (Lipinski definition) is 2. The van der Waals surface area contributed by atoms with Gasteiger partial charge in [0.1, 0.15) is 32.5 Å². The standard InChI is InChI=1S/C19H16ClN5O2S/c1-8-4-5-13(26)9(2)16(8)27-18-15-11(6-14(20)23-18)12(7-22-17(15)21)19-25-24-10(3)28-19/h4-7,26H,1-3H3,(H2,21,22). The number of halogens is 1. The van der Waals surface area contributed by atoms with E-state index >= 15 is 0 Å². The first kappa shape index (κ1) is 18.4. The van der Waals surface area contributed by atoms with Crippen LogP contribution in [0.1, 0.15) is 16.1 Å². The van der Waals surface area contributed by atoms with Gasteiger partial charge in [-0.05, 0) is 38.5 Å². The molecule has 0 aliphatic rings. The van der Waals surface area contributed by atoms with E-state index in [1.54, 1.807) is 31.3 Å². The normalized spacial score (nSPS) is 11.1. The van der Waals surface area contributed by atoms with Gasteiger partial charge < -0.3 is 15.6 Å². The van der Waals surface area contributed by atoms with Gasteiger partial charge in [0, 0.05) is 22.7 Å². The molecule has 3 heterocycles. The van der Waals surface area contributed by atoms with E-state index in [0.29, 0.717) is 27.1 Å². The molecule has 4 rings (SSSR count). The number of phenols is 1. The van der Waals surface area contributed by atoms with E-state index in [0.717, 1.165) is 16.1 Å². The third-order valence-electron chi connectivity index (χ3n) is 4.36. The summed E-state index contributed by atoms with van der Waals surface area (Å²) < 4.78 is 6.08. The van der Waals surface area contributed by atoms with E-state index in [1.165, 1.54) is 11.3 Å². The van der Waals surface area contributed by atoms with E-state index in [4.69, 9.17) is 22.1 Å². The summed E-state index contributed by atoms with van der Waals surface area (Å²) in [5.41, 5.74) is 8.34. The largest absolute Gasteiger partial charge is 0.508 e. The first-order valence-corrected chi connectivity index (χ1v) is 9.57. The average molecular weight is 414 g/mol. The van der Waals surface area contributed by atoms with E-state index in [2.05, 4.69) is 20.2 Å². The number of nitrogens with zero attached hydrogens (tertiary/aromatic N) is 4. The minimum absolute atomic E-state index is 0.128. The van der Waals surface area contributed by atoms with Crippen molar-refractivity contribution in [2.75, 3.05) is 5.73 Å². The second-order valence-electron chi connectivity index (χ2n) is 6.31. The third kappa shape index (κ3) is 3.10. The maximum absolute atomic E-state index is 10.0. The van der Waals surface area contributed by atoms with Gasteiger partial charge in [0.05, 0.1) is 5.39 Å². The maximum Gasteiger partial charge on any atom is 0.232 e. The summed E-state index contributed by atoms with van der Waals surface area (Å²) in [6, 6.07) is 5.09. The van der Waals surface area contributed by atoms with Crippen molar-refractivity contribution in [3.63, 3.8) is 0 Å². The molecular formula is C19H16ClN5O2S. The number of fused-ring (bicyclic) bond motifs is 1. The van der Waals surface area contributed by atoms with Crippen molar-refractivity contribution in [3.05, 3.63) is 45.7 Å². The van der Waals surface area contributed by atoms with Gasteiger partial charge in [0.25, 0.3) is 0 Å². The molecule has 1 aromatic carbocycles. The second kappa shape index (κ2) is 6.88. The van der Waals surface area contributed by atoms with Crippen LogP contribution < -0.4 is 10.5 Å².